The molecule has 2 amide bonds. The molecule has 2 aliphatic heterocycles. The molecule has 9 nitrogen and oxygen atoms in total. The van der Waals surface area contributed by atoms with Crippen molar-refractivity contribution in [3.8, 4) is 0 Å². The molecule has 1 aromatic heterocycles. The van der Waals surface area contributed by atoms with Gasteiger partial charge in [0.05, 0.1) is 11.0 Å². The number of nitrogens with one attached hydrogen (secondary N) is 2. The second-order valence-electron chi connectivity index (χ2n) is 8.42. The van der Waals surface area contributed by atoms with Crippen molar-refractivity contribution in [3.05, 3.63) is 42.5 Å². The fraction of sp³-hybridized carbons (Fsp3) is 0.320. The molecule has 2 aromatic carbocycles. The van der Waals surface area contributed by atoms with Gasteiger partial charge in [0.2, 0.25) is 11.9 Å². The topological polar surface area (TPSA) is 102 Å². The van der Waals surface area contributed by atoms with Gasteiger partial charge in [-0.2, -0.15) is 0 Å². The lowest BCUT2D eigenvalue weighted by Gasteiger charge is -2.19. The Kier molecular flexibility index (Phi) is 5.83. The number of hydrogen-bond donors (Lipinski definition) is 2. The van der Waals surface area contributed by atoms with Gasteiger partial charge in [-0.3, -0.25) is 19.4 Å². The summed E-state index contributed by atoms with van der Waals surface area (Å²) in [5, 5.41) is 8.60. The minimum Gasteiger partial charge on any atom is -0.326 e. The van der Waals surface area contributed by atoms with Gasteiger partial charge in [0.15, 0.2) is 0 Å². The lowest BCUT2D eigenvalue weighted by Crippen LogP contribution is -2.37. The summed E-state index contributed by atoms with van der Waals surface area (Å²) < 4.78 is 0. The van der Waals surface area contributed by atoms with Crippen LogP contribution < -0.4 is 10.6 Å². The predicted octanol–water partition coefficient (Wildman–Crippen LogP) is 3.43. The van der Waals surface area contributed by atoms with E-state index >= 15 is 0 Å². The van der Waals surface area contributed by atoms with Crippen LogP contribution >= 0.6 is 0 Å². The normalized spacial score (nSPS) is 15.9. The zero-order valence-corrected chi connectivity index (χ0v) is 19.3. The van der Waals surface area contributed by atoms with Crippen LogP contribution in [0.2, 0.25) is 0 Å². The SMILES string of the molecule is CCCN1C(=O)CN=C1Nc1ccc2cc3ccc(NC4=NCC(=O)N4CCC)cc3nc2c1. The largest absolute Gasteiger partial charge is 0.326 e. The number of hydrogen-bond acceptors (Lipinski definition) is 7. The zero-order chi connectivity index (χ0) is 23.7. The number of fused-ring (bicyclic) bond motifs is 2. The Hall–Kier alpha value is -4.01. The molecule has 174 valence electrons. The van der Waals surface area contributed by atoms with Crippen LogP contribution in [0.25, 0.3) is 21.8 Å². The Morgan fingerprint density at radius 1 is 0.735 bits per heavy atom. The van der Waals surface area contributed by atoms with E-state index in [0.29, 0.717) is 25.0 Å². The van der Waals surface area contributed by atoms with Crippen molar-refractivity contribution < 1.29 is 9.59 Å². The number of carbonyl (C=O) groups is 2. The highest BCUT2D eigenvalue weighted by Gasteiger charge is 2.25. The van der Waals surface area contributed by atoms with Crippen molar-refractivity contribution >= 4 is 56.9 Å². The molecule has 0 aliphatic carbocycles. The van der Waals surface area contributed by atoms with E-state index in [1.807, 2.05) is 50.2 Å². The standard InChI is InChI=1S/C25H27N7O2/c1-3-9-31-22(33)14-26-24(31)28-18-7-5-16-11-17-6-8-19(13-21(17)30-20(16)12-18)29-25-27-15-23(34)32(25)10-4-2/h5-8,11-13H,3-4,9-10,14-15H2,1-2H3,(H,26,28)(H,27,29). The van der Waals surface area contributed by atoms with E-state index in [-0.39, 0.29) is 24.9 Å². The highest BCUT2D eigenvalue weighted by molar-refractivity contribution is 6.10. The molecule has 0 spiro atoms. The van der Waals surface area contributed by atoms with Gasteiger partial charge >= 0.3 is 0 Å². The molecule has 0 bridgehead atoms. The smallest absolute Gasteiger partial charge is 0.251 e. The lowest BCUT2D eigenvalue weighted by atomic mass is 10.1. The zero-order valence-electron chi connectivity index (χ0n) is 19.3. The van der Waals surface area contributed by atoms with Gasteiger partial charge < -0.3 is 10.6 Å². The van der Waals surface area contributed by atoms with E-state index in [2.05, 4.69) is 26.7 Å². The van der Waals surface area contributed by atoms with Crippen molar-refractivity contribution in [1.82, 2.24) is 14.8 Å². The molecule has 0 saturated heterocycles. The summed E-state index contributed by atoms with van der Waals surface area (Å²) in [7, 11) is 0. The van der Waals surface area contributed by atoms with Gasteiger partial charge in [0, 0.05) is 35.2 Å². The number of aromatic nitrogens is 1. The van der Waals surface area contributed by atoms with Gasteiger partial charge in [-0.1, -0.05) is 26.0 Å². The molecular weight excluding hydrogens is 430 g/mol. The van der Waals surface area contributed by atoms with E-state index in [4.69, 9.17) is 4.98 Å². The summed E-state index contributed by atoms with van der Waals surface area (Å²) in [5.41, 5.74) is 3.33. The van der Waals surface area contributed by atoms with Crippen molar-refractivity contribution in [1.29, 1.82) is 0 Å². The van der Waals surface area contributed by atoms with Crippen LogP contribution in [0.1, 0.15) is 26.7 Å². The minimum atomic E-state index is 0.0142. The van der Waals surface area contributed by atoms with Crippen LogP contribution in [-0.4, -0.2) is 64.7 Å². The van der Waals surface area contributed by atoms with Crippen LogP contribution in [0.5, 0.6) is 0 Å². The Labute approximate surface area is 197 Å². The van der Waals surface area contributed by atoms with Crippen LogP contribution in [0, 0.1) is 0 Å². The fourth-order valence-corrected chi connectivity index (χ4v) is 4.22. The van der Waals surface area contributed by atoms with Gasteiger partial charge in [0.1, 0.15) is 13.1 Å². The van der Waals surface area contributed by atoms with Gasteiger partial charge in [0.25, 0.3) is 11.8 Å². The van der Waals surface area contributed by atoms with Crippen LogP contribution in [0.4, 0.5) is 11.4 Å². The number of rotatable bonds is 6. The van der Waals surface area contributed by atoms with Gasteiger partial charge in [-0.05, 0) is 43.2 Å². The van der Waals surface area contributed by atoms with Crippen LogP contribution in [0.15, 0.2) is 52.4 Å². The first-order valence-electron chi connectivity index (χ1n) is 11.6. The van der Waals surface area contributed by atoms with Crippen molar-refractivity contribution in [2.24, 2.45) is 9.98 Å². The summed E-state index contributed by atoms with van der Waals surface area (Å²) in [6.07, 6.45) is 1.73. The molecule has 3 heterocycles. The summed E-state index contributed by atoms with van der Waals surface area (Å²) in [4.78, 5) is 41.1. The van der Waals surface area contributed by atoms with Gasteiger partial charge in [-0.25, -0.2) is 15.0 Å². The predicted molar refractivity (Wildman–Crippen MR) is 135 cm³/mol. The molecule has 0 atom stereocenters. The molecule has 2 N–H and O–H groups in total. The monoisotopic (exact) mass is 457 g/mol. The van der Waals surface area contributed by atoms with E-state index in [9.17, 15) is 9.59 Å². The third-order valence-corrected chi connectivity index (χ3v) is 5.86. The first-order chi connectivity index (χ1) is 16.6. The van der Waals surface area contributed by atoms with E-state index in [1.165, 1.54) is 0 Å². The number of nitrogens with zero attached hydrogens (tertiary/aromatic N) is 5. The molecule has 0 unspecified atom stereocenters. The first kappa shape index (κ1) is 21.8. The number of benzene rings is 2. The summed E-state index contributed by atoms with van der Waals surface area (Å²) in [6.45, 7) is 5.72. The maximum Gasteiger partial charge on any atom is 0.251 e. The maximum absolute atomic E-state index is 12.1. The quantitative estimate of drug-likeness (QED) is 0.552. The van der Waals surface area contributed by atoms with E-state index in [1.54, 1.807) is 9.80 Å². The minimum absolute atomic E-state index is 0.0142. The molecule has 34 heavy (non-hydrogen) atoms. The number of anilines is 2. The average Bonchev–Trinajstić information content (AvgIpc) is 3.35. The number of aliphatic imine (C=N–C) groups is 2. The summed E-state index contributed by atoms with van der Waals surface area (Å²) in [5.74, 6) is 1.20. The Morgan fingerprint density at radius 3 is 1.65 bits per heavy atom. The Balaban J connectivity index is 1.41. The first-order valence-corrected chi connectivity index (χ1v) is 11.6. The highest BCUT2D eigenvalue weighted by Crippen LogP contribution is 2.25. The molecule has 9 heteroatoms. The second-order valence-corrected chi connectivity index (χ2v) is 8.42. The van der Waals surface area contributed by atoms with Crippen molar-refractivity contribution in [2.75, 3.05) is 36.8 Å². The maximum atomic E-state index is 12.1. The van der Waals surface area contributed by atoms with Crippen LogP contribution in [0.3, 0.4) is 0 Å². The third-order valence-electron chi connectivity index (χ3n) is 5.86. The average molecular weight is 458 g/mol. The molecule has 2 aliphatic rings. The number of pyridine rings is 1. The number of amides is 2. The molecule has 3 aromatic rings. The molecular formula is C25H27N7O2. The van der Waals surface area contributed by atoms with Crippen LogP contribution in [-0.2, 0) is 9.59 Å². The highest BCUT2D eigenvalue weighted by atomic mass is 16.2. The second kappa shape index (κ2) is 9.09. The molecule has 0 radical (unpaired) electrons. The molecule has 0 saturated carbocycles. The Bertz CT molecular complexity index is 1250. The molecule has 5 rings (SSSR count). The lowest BCUT2D eigenvalue weighted by molar-refractivity contribution is -0.125. The van der Waals surface area contributed by atoms with E-state index < -0.39 is 0 Å². The Morgan fingerprint density at radius 2 is 1.21 bits per heavy atom. The summed E-state index contributed by atoms with van der Waals surface area (Å²) >= 11 is 0. The fourth-order valence-electron chi connectivity index (χ4n) is 4.22. The number of guanidine groups is 2. The number of carbonyl (C=O) groups excluding carboxylic acids is 2. The van der Waals surface area contributed by atoms with Crippen molar-refractivity contribution in [2.45, 2.75) is 26.7 Å². The molecule has 0 fully saturated rings. The third kappa shape index (κ3) is 4.16. The van der Waals surface area contributed by atoms with Crippen molar-refractivity contribution in [3.63, 3.8) is 0 Å². The van der Waals surface area contributed by atoms with Gasteiger partial charge in [-0.15, -0.1) is 0 Å². The summed E-state index contributed by atoms with van der Waals surface area (Å²) in [6, 6.07) is 14.0. The van der Waals surface area contributed by atoms with E-state index in [0.717, 1.165) is 46.0 Å².